The van der Waals surface area contributed by atoms with E-state index in [4.69, 9.17) is 10.5 Å². The molecule has 0 spiro atoms. The van der Waals surface area contributed by atoms with Crippen LogP contribution in [0.25, 0.3) is 0 Å². The lowest BCUT2D eigenvalue weighted by Gasteiger charge is -2.16. The van der Waals surface area contributed by atoms with Gasteiger partial charge in [-0.1, -0.05) is 0 Å². The Balaban J connectivity index is 3.28. The molecule has 1 rings (SSSR count). The van der Waals surface area contributed by atoms with Crippen molar-refractivity contribution in [2.45, 2.75) is 25.6 Å². The second-order valence-electron chi connectivity index (χ2n) is 3.83. The maximum absolute atomic E-state index is 12.6. The van der Waals surface area contributed by atoms with Crippen LogP contribution in [0.2, 0.25) is 0 Å². The van der Waals surface area contributed by atoms with Crippen LogP contribution in [0.15, 0.2) is 16.6 Å². The van der Waals surface area contributed by atoms with Crippen molar-refractivity contribution in [3.05, 3.63) is 27.7 Å². The molecule has 0 radical (unpaired) electrons. The first kappa shape index (κ1) is 14.3. The Labute approximate surface area is 106 Å². The standard InChI is InChI=1S/C11H13BrF3NO/c1-6(16)3-7-4-8(11(13,14)15)5-9(12)10(7)17-2/h4-6H,3,16H2,1-2H3. The molecule has 1 unspecified atom stereocenters. The van der Waals surface area contributed by atoms with Gasteiger partial charge in [-0.2, -0.15) is 13.2 Å². The minimum Gasteiger partial charge on any atom is -0.495 e. The van der Waals surface area contributed by atoms with E-state index in [-0.39, 0.29) is 10.5 Å². The van der Waals surface area contributed by atoms with E-state index in [1.807, 2.05) is 0 Å². The number of alkyl halides is 3. The van der Waals surface area contributed by atoms with Gasteiger partial charge in [0.25, 0.3) is 0 Å². The molecular formula is C11H13BrF3NO. The second kappa shape index (κ2) is 5.27. The molecule has 1 aromatic rings. The Kier molecular flexibility index (Phi) is 4.43. The molecule has 6 heteroatoms. The molecule has 0 fully saturated rings. The second-order valence-corrected chi connectivity index (χ2v) is 4.68. The van der Waals surface area contributed by atoms with Crippen LogP contribution in [0.4, 0.5) is 13.2 Å². The topological polar surface area (TPSA) is 35.2 Å². The molecule has 0 saturated heterocycles. The lowest BCUT2D eigenvalue weighted by Crippen LogP contribution is -2.19. The molecule has 0 aliphatic rings. The summed E-state index contributed by atoms with van der Waals surface area (Å²) in [4.78, 5) is 0. The predicted molar refractivity (Wildman–Crippen MR) is 63.0 cm³/mol. The zero-order valence-corrected chi connectivity index (χ0v) is 11.0. The van der Waals surface area contributed by atoms with E-state index in [1.54, 1.807) is 6.92 Å². The van der Waals surface area contributed by atoms with Crippen molar-refractivity contribution in [1.82, 2.24) is 0 Å². The van der Waals surface area contributed by atoms with Gasteiger partial charge in [-0.15, -0.1) is 0 Å². The third kappa shape index (κ3) is 3.61. The maximum Gasteiger partial charge on any atom is 0.416 e. The first-order valence-electron chi connectivity index (χ1n) is 4.95. The Bertz CT molecular complexity index is 404. The fraction of sp³-hybridized carbons (Fsp3) is 0.455. The summed E-state index contributed by atoms with van der Waals surface area (Å²) in [7, 11) is 1.41. The minimum atomic E-state index is -4.37. The molecule has 2 nitrogen and oxygen atoms in total. The number of hydrogen-bond acceptors (Lipinski definition) is 2. The molecular weight excluding hydrogens is 299 g/mol. The largest absolute Gasteiger partial charge is 0.495 e. The van der Waals surface area contributed by atoms with Gasteiger partial charge in [0, 0.05) is 6.04 Å². The summed E-state index contributed by atoms with van der Waals surface area (Å²) in [6.07, 6.45) is -4.05. The van der Waals surface area contributed by atoms with Crippen molar-refractivity contribution in [3.63, 3.8) is 0 Å². The smallest absolute Gasteiger partial charge is 0.416 e. The molecule has 96 valence electrons. The van der Waals surface area contributed by atoms with Gasteiger partial charge in [0.15, 0.2) is 0 Å². The van der Waals surface area contributed by atoms with Gasteiger partial charge < -0.3 is 10.5 Å². The van der Waals surface area contributed by atoms with Crippen molar-refractivity contribution in [3.8, 4) is 5.75 Å². The van der Waals surface area contributed by atoms with Gasteiger partial charge in [0.05, 0.1) is 17.1 Å². The van der Waals surface area contributed by atoms with Crippen LogP contribution < -0.4 is 10.5 Å². The van der Waals surface area contributed by atoms with Crippen LogP contribution >= 0.6 is 15.9 Å². The highest BCUT2D eigenvalue weighted by Crippen LogP contribution is 2.37. The Morgan fingerprint density at radius 2 is 2.00 bits per heavy atom. The first-order valence-corrected chi connectivity index (χ1v) is 5.74. The third-order valence-corrected chi connectivity index (χ3v) is 2.78. The van der Waals surface area contributed by atoms with Crippen molar-refractivity contribution in [1.29, 1.82) is 0 Å². The van der Waals surface area contributed by atoms with E-state index in [2.05, 4.69) is 15.9 Å². The van der Waals surface area contributed by atoms with Gasteiger partial charge in [0.1, 0.15) is 5.75 Å². The molecule has 0 saturated carbocycles. The zero-order valence-electron chi connectivity index (χ0n) is 9.44. The van der Waals surface area contributed by atoms with E-state index in [9.17, 15) is 13.2 Å². The Morgan fingerprint density at radius 3 is 2.41 bits per heavy atom. The summed E-state index contributed by atoms with van der Waals surface area (Å²) in [5.41, 5.74) is 5.35. The molecule has 17 heavy (non-hydrogen) atoms. The van der Waals surface area contributed by atoms with E-state index >= 15 is 0 Å². The summed E-state index contributed by atoms with van der Waals surface area (Å²) < 4.78 is 43.2. The summed E-state index contributed by atoms with van der Waals surface area (Å²) in [5.74, 6) is 0.398. The van der Waals surface area contributed by atoms with Crippen molar-refractivity contribution in [2.75, 3.05) is 7.11 Å². The van der Waals surface area contributed by atoms with E-state index < -0.39 is 11.7 Å². The molecule has 1 atom stereocenters. The molecule has 0 bridgehead atoms. The van der Waals surface area contributed by atoms with Crippen LogP contribution in [0.5, 0.6) is 5.75 Å². The lowest BCUT2D eigenvalue weighted by atomic mass is 10.0. The average Bonchev–Trinajstić information content (AvgIpc) is 2.14. The third-order valence-electron chi connectivity index (χ3n) is 2.19. The van der Waals surface area contributed by atoms with Crippen LogP contribution in [0.3, 0.4) is 0 Å². The summed E-state index contributed by atoms with van der Waals surface area (Å²) >= 11 is 3.07. The number of benzene rings is 1. The Hall–Kier alpha value is -0.750. The van der Waals surface area contributed by atoms with Crippen LogP contribution in [0.1, 0.15) is 18.1 Å². The number of rotatable bonds is 3. The number of nitrogens with two attached hydrogens (primary N) is 1. The van der Waals surface area contributed by atoms with E-state index in [1.165, 1.54) is 7.11 Å². The predicted octanol–water partition coefficient (Wildman–Crippen LogP) is 3.37. The molecule has 0 heterocycles. The zero-order chi connectivity index (χ0) is 13.2. The van der Waals surface area contributed by atoms with Crippen LogP contribution in [-0.4, -0.2) is 13.2 Å². The number of ether oxygens (including phenoxy) is 1. The van der Waals surface area contributed by atoms with Gasteiger partial charge >= 0.3 is 6.18 Å². The van der Waals surface area contributed by atoms with Gasteiger partial charge in [-0.25, -0.2) is 0 Å². The molecule has 0 aromatic heterocycles. The van der Waals surface area contributed by atoms with Gasteiger partial charge in [0.2, 0.25) is 0 Å². The summed E-state index contributed by atoms with van der Waals surface area (Å²) in [6, 6.07) is 1.84. The molecule has 1 aromatic carbocycles. The highest BCUT2D eigenvalue weighted by molar-refractivity contribution is 9.10. The van der Waals surface area contributed by atoms with Crippen molar-refractivity contribution in [2.24, 2.45) is 5.73 Å². The SMILES string of the molecule is COc1c(Br)cc(C(F)(F)F)cc1CC(C)N. The summed E-state index contributed by atoms with van der Waals surface area (Å²) in [6.45, 7) is 1.73. The van der Waals surface area contributed by atoms with Gasteiger partial charge in [-0.3, -0.25) is 0 Å². The van der Waals surface area contributed by atoms with Crippen LogP contribution in [-0.2, 0) is 12.6 Å². The van der Waals surface area contributed by atoms with Crippen molar-refractivity contribution < 1.29 is 17.9 Å². The fourth-order valence-electron chi connectivity index (χ4n) is 1.54. The molecule has 0 aliphatic carbocycles. The highest BCUT2D eigenvalue weighted by atomic mass is 79.9. The first-order chi connectivity index (χ1) is 7.75. The lowest BCUT2D eigenvalue weighted by molar-refractivity contribution is -0.137. The maximum atomic E-state index is 12.6. The monoisotopic (exact) mass is 311 g/mol. The average molecular weight is 312 g/mol. The van der Waals surface area contributed by atoms with E-state index in [0.29, 0.717) is 17.7 Å². The highest BCUT2D eigenvalue weighted by Gasteiger charge is 2.32. The molecule has 2 N–H and O–H groups in total. The summed E-state index contributed by atoms with van der Waals surface area (Å²) in [5, 5.41) is 0. The quantitative estimate of drug-likeness (QED) is 0.929. The normalized spacial score (nSPS) is 13.6. The number of hydrogen-bond donors (Lipinski definition) is 1. The van der Waals surface area contributed by atoms with Crippen molar-refractivity contribution >= 4 is 15.9 Å². The minimum absolute atomic E-state index is 0.237. The number of methoxy groups -OCH3 is 1. The van der Waals surface area contributed by atoms with E-state index in [0.717, 1.165) is 12.1 Å². The van der Waals surface area contributed by atoms with Crippen LogP contribution in [0, 0.1) is 0 Å². The molecule has 0 aliphatic heterocycles. The fourth-order valence-corrected chi connectivity index (χ4v) is 2.20. The van der Waals surface area contributed by atoms with Gasteiger partial charge in [-0.05, 0) is 47.0 Å². The number of halogens is 4. The molecule has 0 amide bonds. The Morgan fingerprint density at radius 1 is 1.41 bits per heavy atom.